The molecule has 0 spiro atoms. The van der Waals surface area contributed by atoms with E-state index in [0.717, 1.165) is 25.0 Å². The normalized spacial score (nSPS) is 12.5. The zero-order valence-electron chi connectivity index (χ0n) is 20.0. The van der Waals surface area contributed by atoms with Crippen molar-refractivity contribution in [3.63, 3.8) is 0 Å². The Hall–Kier alpha value is -3.32. The van der Waals surface area contributed by atoms with E-state index in [9.17, 15) is 18.0 Å². The van der Waals surface area contributed by atoms with Crippen molar-refractivity contribution in [2.24, 2.45) is 0 Å². The summed E-state index contributed by atoms with van der Waals surface area (Å²) in [6.07, 6.45) is 0.654. The molecule has 0 radical (unpaired) electrons. The van der Waals surface area contributed by atoms with Gasteiger partial charge in [-0.2, -0.15) is 13.2 Å². The fourth-order valence-electron chi connectivity index (χ4n) is 3.50. The van der Waals surface area contributed by atoms with Gasteiger partial charge in [-0.25, -0.2) is 9.78 Å². The fourth-order valence-corrected chi connectivity index (χ4v) is 3.74. The molecule has 0 unspecified atom stereocenters. The van der Waals surface area contributed by atoms with Gasteiger partial charge in [0.25, 0.3) is 0 Å². The molecule has 4 nitrogen and oxygen atoms in total. The number of rotatable bonds is 10. The lowest BCUT2D eigenvalue weighted by molar-refractivity contribution is -0.138. The highest BCUT2D eigenvalue weighted by Gasteiger charge is 2.30. The van der Waals surface area contributed by atoms with Gasteiger partial charge in [-0.15, -0.1) is 0 Å². The Bertz CT molecular complexity index is 1190. The monoisotopic (exact) mass is 517 g/mol. The molecule has 0 aliphatic rings. The minimum absolute atomic E-state index is 0.296. The van der Waals surface area contributed by atoms with E-state index in [-0.39, 0.29) is 0 Å². The molecule has 0 N–H and O–H groups in total. The number of hydrogen-bond acceptors (Lipinski definition) is 4. The average Bonchev–Trinajstić information content (AvgIpc) is 2.86. The van der Waals surface area contributed by atoms with Crippen LogP contribution in [-0.4, -0.2) is 17.6 Å². The third kappa shape index (κ3) is 7.59. The number of aromatic nitrogens is 1. The van der Waals surface area contributed by atoms with Gasteiger partial charge in [-0.3, -0.25) is 0 Å². The van der Waals surface area contributed by atoms with Crippen molar-refractivity contribution in [1.82, 2.24) is 4.98 Å². The Labute approximate surface area is 213 Å². The Morgan fingerprint density at radius 2 is 1.83 bits per heavy atom. The first-order chi connectivity index (χ1) is 17.2. The molecule has 0 saturated heterocycles. The fraction of sp³-hybridized carbons (Fsp3) is 0.286. The second-order valence-electron chi connectivity index (χ2n) is 8.05. The van der Waals surface area contributed by atoms with Crippen LogP contribution in [0.3, 0.4) is 0 Å². The second kappa shape index (κ2) is 12.6. The van der Waals surface area contributed by atoms with E-state index in [2.05, 4.69) is 11.9 Å². The number of carbonyl (C=O) groups excluding carboxylic acids is 1. The maximum absolute atomic E-state index is 12.9. The van der Waals surface area contributed by atoms with Gasteiger partial charge in [0.05, 0.1) is 28.6 Å². The van der Waals surface area contributed by atoms with Gasteiger partial charge in [0, 0.05) is 11.6 Å². The maximum Gasteiger partial charge on any atom is 0.416 e. The van der Waals surface area contributed by atoms with Crippen molar-refractivity contribution < 1.29 is 27.4 Å². The summed E-state index contributed by atoms with van der Waals surface area (Å²) in [6, 6.07) is 15.5. The van der Waals surface area contributed by atoms with Crippen LogP contribution in [0.25, 0.3) is 17.3 Å². The van der Waals surface area contributed by atoms with Crippen LogP contribution in [0.4, 0.5) is 13.2 Å². The largest absolute Gasteiger partial charge is 0.483 e. The highest BCUT2D eigenvalue weighted by atomic mass is 35.5. The summed E-state index contributed by atoms with van der Waals surface area (Å²) in [4.78, 5) is 16.2. The van der Waals surface area contributed by atoms with Crippen molar-refractivity contribution in [2.45, 2.75) is 45.4 Å². The van der Waals surface area contributed by atoms with Crippen molar-refractivity contribution >= 4 is 23.6 Å². The van der Waals surface area contributed by atoms with Crippen molar-refractivity contribution in [3.8, 4) is 17.0 Å². The number of halogens is 4. The molecule has 0 aliphatic heterocycles. The molecule has 0 saturated carbocycles. The van der Waals surface area contributed by atoms with Crippen LogP contribution in [-0.2, 0) is 15.7 Å². The van der Waals surface area contributed by atoms with Gasteiger partial charge in [0.15, 0.2) is 0 Å². The highest BCUT2D eigenvalue weighted by molar-refractivity contribution is 6.32. The smallest absolute Gasteiger partial charge is 0.416 e. The lowest BCUT2D eigenvalue weighted by Crippen LogP contribution is -2.10. The van der Waals surface area contributed by atoms with Gasteiger partial charge in [-0.05, 0) is 67.8 Å². The van der Waals surface area contributed by atoms with E-state index in [1.165, 1.54) is 18.2 Å². The summed E-state index contributed by atoms with van der Waals surface area (Å²) in [7, 11) is 0. The Kier molecular flexibility index (Phi) is 9.53. The van der Waals surface area contributed by atoms with E-state index >= 15 is 0 Å². The van der Waals surface area contributed by atoms with Crippen LogP contribution >= 0.6 is 11.6 Å². The highest BCUT2D eigenvalue weighted by Crippen LogP contribution is 2.34. The predicted molar refractivity (Wildman–Crippen MR) is 135 cm³/mol. The average molecular weight is 518 g/mol. The molecule has 0 bridgehead atoms. The molecular formula is C28H27ClF3NO3. The number of nitrogens with zero attached hydrogens (tertiary/aromatic N) is 1. The first-order valence-electron chi connectivity index (χ1n) is 11.7. The zero-order valence-corrected chi connectivity index (χ0v) is 20.8. The standard InChI is InChI=1S/C28H27ClF3NO3/c1-3-5-9-26(36-25-16-10-19(18-22(25)29)11-17-27(34)35-4-2)24-8-6-7-23(33-24)20-12-14-21(15-13-20)28(30,31)32/h6-8,10-18,26H,3-5,9H2,1-2H3/b17-11+/t26-/m0/s1. The maximum atomic E-state index is 12.9. The second-order valence-corrected chi connectivity index (χ2v) is 8.45. The summed E-state index contributed by atoms with van der Waals surface area (Å²) < 4.78 is 49.9. The SMILES string of the molecule is CCCC[C@H](Oc1ccc(/C=C/C(=O)OCC)cc1Cl)c1cccc(-c2ccc(C(F)(F)F)cc2)n1. The molecule has 2 aromatic carbocycles. The Morgan fingerprint density at radius 1 is 1.08 bits per heavy atom. The molecule has 0 aliphatic carbocycles. The van der Waals surface area contributed by atoms with Crippen molar-refractivity contribution in [2.75, 3.05) is 6.61 Å². The van der Waals surface area contributed by atoms with Crippen LogP contribution < -0.4 is 4.74 Å². The number of pyridine rings is 1. The third-order valence-corrected chi connectivity index (χ3v) is 5.65. The van der Waals surface area contributed by atoms with Crippen LogP contribution in [0, 0.1) is 0 Å². The minimum Gasteiger partial charge on any atom is -0.483 e. The molecule has 3 aromatic rings. The Morgan fingerprint density at radius 3 is 2.47 bits per heavy atom. The summed E-state index contributed by atoms with van der Waals surface area (Å²) >= 11 is 6.46. The summed E-state index contributed by atoms with van der Waals surface area (Å²) in [5.41, 5.74) is 1.80. The lowest BCUT2D eigenvalue weighted by Gasteiger charge is -2.20. The molecule has 0 amide bonds. The van der Waals surface area contributed by atoms with E-state index in [0.29, 0.717) is 46.3 Å². The summed E-state index contributed by atoms with van der Waals surface area (Å²) in [5.74, 6) is 0.0281. The molecule has 1 atom stereocenters. The van der Waals surface area contributed by atoms with Crippen LogP contribution in [0.2, 0.25) is 5.02 Å². The molecule has 36 heavy (non-hydrogen) atoms. The van der Waals surface area contributed by atoms with Gasteiger partial charge in [-0.1, -0.05) is 49.2 Å². The third-order valence-electron chi connectivity index (χ3n) is 5.35. The Balaban J connectivity index is 1.83. The van der Waals surface area contributed by atoms with Gasteiger partial charge in [0.2, 0.25) is 0 Å². The summed E-state index contributed by atoms with van der Waals surface area (Å²) in [5, 5.41) is 0.376. The quantitative estimate of drug-likeness (QED) is 0.200. The number of ether oxygens (including phenoxy) is 2. The van der Waals surface area contributed by atoms with Crippen molar-refractivity contribution in [1.29, 1.82) is 0 Å². The number of hydrogen-bond donors (Lipinski definition) is 0. The number of carbonyl (C=O) groups is 1. The van der Waals surface area contributed by atoms with Gasteiger partial charge in [0.1, 0.15) is 11.9 Å². The van der Waals surface area contributed by atoms with Crippen LogP contribution in [0.15, 0.2) is 66.7 Å². The number of esters is 1. The van der Waals surface area contributed by atoms with Gasteiger partial charge < -0.3 is 9.47 Å². The predicted octanol–water partition coefficient (Wildman–Crippen LogP) is 8.31. The molecule has 1 aromatic heterocycles. The van der Waals surface area contributed by atoms with Crippen LogP contribution in [0.5, 0.6) is 5.75 Å². The number of unbranched alkanes of at least 4 members (excludes halogenated alkanes) is 1. The van der Waals surface area contributed by atoms with Crippen molar-refractivity contribution in [3.05, 3.63) is 88.6 Å². The van der Waals surface area contributed by atoms with E-state index in [4.69, 9.17) is 21.1 Å². The van der Waals surface area contributed by atoms with Crippen LogP contribution in [0.1, 0.15) is 56.0 Å². The van der Waals surface area contributed by atoms with Gasteiger partial charge >= 0.3 is 12.1 Å². The van der Waals surface area contributed by atoms with E-state index in [1.54, 1.807) is 37.3 Å². The molecule has 190 valence electrons. The first kappa shape index (κ1) is 27.3. The number of alkyl halides is 3. The molecule has 0 fully saturated rings. The topological polar surface area (TPSA) is 48.4 Å². The zero-order chi connectivity index (χ0) is 26.1. The minimum atomic E-state index is -4.39. The molecular weight excluding hydrogens is 491 g/mol. The number of benzene rings is 2. The first-order valence-corrected chi connectivity index (χ1v) is 12.0. The molecule has 1 heterocycles. The molecule has 3 rings (SSSR count). The summed E-state index contributed by atoms with van der Waals surface area (Å²) in [6.45, 7) is 4.10. The van der Waals surface area contributed by atoms with E-state index < -0.39 is 23.8 Å². The lowest BCUT2D eigenvalue weighted by atomic mass is 10.1. The molecule has 8 heteroatoms. The van der Waals surface area contributed by atoms with E-state index in [1.807, 2.05) is 12.1 Å².